The molecule has 0 saturated heterocycles. The fraction of sp³-hybridized carbons (Fsp3) is 0.478. The number of rotatable bonds is 17. The standard InChI is InChI=1S/C23H30O8S5/c1-18-2-4-21(5-3-18)36(25,26)31-13-12-28-9-11-30-15-20-17-33-23(35-20)22-32-16-19(34-22)14-29-10-8-27-7-6-24/h2-5,16-17,24H,6-15H2,1H3/b23-22-. The summed E-state index contributed by atoms with van der Waals surface area (Å²) in [6.45, 7) is 5.19. The second kappa shape index (κ2) is 16.5. The van der Waals surface area contributed by atoms with E-state index in [-0.39, 0.29) is 24.7 Å². The fourth-order valence-corrected chi connectivity index (χ4v) is 8.40. The van der Waals surface area contributed by atoms with Crippen molar-refractivity contribution in [3.8, 4) is 0 Å². The van der Waals surface area contributed by atoms with E-state index < -0.39 is 10.1 Å². The number of aryl methyl sites for hydroxylation is 1. The lowest BCUT2D eigenvalue weighted by Crippen LogP contribution is -2.13. The van der Waals surface area contributed by atoms with Crippen molar-refractivity contribution >= 4 is 57.2 Å². The molecule has 0 fully saturated rings. The van der Waals surface area contributed by atoms with Crippen molar-refractivity contribution in [2.75, 3.05) is 66.1 Å². The average molecular weight is 595 g/mol. The SMILES string of the molecule is Cc1ccc(S(=O)(=O)OCCOCCOCC2=CS/C(=C3\SC=C(COCCOCCO)S3)S2)cc1. The van der Waals surface area contributed by atoms with Gasteiger partial charge in [-0.15, -0.1) is 0 Å². The third kappa shape index (κ3) is 10.7. The third-order valence-electron chi connectivity index (χ3n) is 4.45. The highest BCUT2D eigenvalue weighted by molar-refractivity contribution is 8.33. The van der Waals surface area contributed by atoms with Crippen molar-refractivity contribution in [1.82, 2.24) is 0 Å². The normalized spacial score (nSPS) is 18.1. The summed E-state index contributed by atoms with van der Waals surface area (Å²) in [6, 6.07) is 6.52. The van der Waals surface area contributed by atoms with Gasteiger partial charge in [-0.05, 0) is 29.9 Å². The molecule has 200 valence electrons. The van der Waals surface area contributed by atoms with Gasteiger partial charge in [-0.1, -0.05) is 64.7 Å². The number of hydrogen-bond donors (Lipinski definition) is 1. The molecule has 2 aliphatic rings. The van der Waals surface area contributed by atoms with Gasteiger partial charge in [0.25, 0.3) is 10.1 Å². The van der Waals surface area contributed by atoms with E-state index in [9.17, 15) is 8.42 Å². The molecular weight excluding hydrogens is 565 g/mol. The second-order valence-corrected chi connectivity index (χ2v) is 13.5. The molecule has 8 nitrogen and oxygen atoms in total. The van der Waals surface area contributed by atoms with E-state index in [4.69, 9.17) is 28.2 Å². The zero-order valence-electron chi connectivity index (χ0n) is 19.9. The Labute approximate surface area is 229 Å². The first-order valence-electron chi connectivity index (χ1n) is 11.2. The lowest BCUT2D eigenvalue weighted by atomic mass is 10.2. The average Bonchev–Trinajstić information content (AvgIpc) is 3.53. The van der Waals surface area contributed by atoms with Crippen LogP contribution >= 0.6 is 47.0 Å². The summed E-state index contributed by atoms with van der Waals surface area (Å²) < 4.78 is 53.6. The topological polar surface area (TPSA) is 101 Å². The lowest BCUT2D eigenvalue weighted by molar-refractivity contribution is 0.0407. The highest BCUT2D eigenvalue weighted by atomic mass is 32.2. The Bertz CT molecular complexity index is 1020. The highest BCUT2D eigenvalue weighted by Gasteiger charge is 2.22. The molecule has 1 aromatic carbocycles. The van der Waals surface area contributed by atoms with Crippen LogP contribution in [0.3, 0.4) is 0 Å². The molecule has 0 unspecified atom stereocenters. The molecule has 0 spiro atoms. The maximum absolute atomic E-state index is 12.1. The van der Waals surface area contributed by atoms with Crippen molar-refractivity contribution in [1.29, 1.82) is 0 Å². The molecule has 0 amide bonds. The summed E-state index contributed by atoms with van der Waals surface area (Å²) >= 11 is 6.85. The van der Waals surface area contributed by atoms with Crippen molar-refractivity contribution in [2.45, 2.75) is 11.8 Å². The van der Waals surface area contributed by atoms with Crippen LogP contribution < -0.4 is 0 Å². The molecule has 36 heavy (non-hydrogen) atoms. The van der Waals surface area contributed by atoms with Crippen molar-refractivity contribution in [3.05, 3.63) is 58.9 Å². The van der Waals surface area contributed by atoms with Crippen LogP contribution in [0.1, 0.15) is 5.56 Å². The summed E-state index contributed by atoms with van der Waals surface area (Å²) in [4.78, 5) is 2.45. The van der Waals surface area contributed by atoms with Crippen LogP contribution in [-0.2, 0) is 33.2 Å². The molecule has 0 atom stereocenters. The molecule has 0 bridgehead atoms. The summed E-state index contributed by atoms with van der Waals surface area (Å²) in [5.74, 6) is 0. The van der Waals surface area contributed by atoms with Crippen molar-refractivity contribution < 1.29 is 36.7 Å². The number of benzene rings is 1. The molecule has 0 radical (unpaired) electrons. The number of hydrogen-bond acceptors (Lipinski definition) is 12. The van der Waals surface area contributed by atoms with E-state index in [0.29, 0.717) is 46.2 Å². The van der Waals surface area contributed by atoms with Gasteiger partial charge >= 0.3 is 0 Å². The molecular formula is C23H30O8S5. The molecule has 0 aromatic heterocycles. The minimum atomic E-state index is -3.77. The molecule has 1 N–H and O–H groups in total. The van der Waals surface area contributed by atoms with E-state index in [1.165, 1.54) is 25.5 Å². The molecule has 0 saturated carbocycles. The Morgan fingerprint density at radius 3 is 1.78 bits per heavy atom. The molecule has 13 heteroatoms. The number of aliphatic hydroxyl groups is 1. The third-order valence-corrected chi connectivity index (χ3v) is 11.1. The number of ether oxygens (including phenoxy) is 4. The Morgan fingerprint density at radius 2 is 1.22 bits per heavy atom. The Balaban J connectivity index is 1.21. The van der Waals surface area contributed by atoms with E-state index in [0.717, 1.165) is 10.5 Å². The van der Waals surface area contributed by atoms with Crippen molar-refractivity contribution in [3.63, 3.8) is 0 Å². The zero-order valence-corrected chi connectivity index (χ0v) is 24.0. The Hall–Kier alpha value is -0.450. The molecule has 1 aromatic rings. The largest absolute Gasteiger partial charge is 0.394 e. The van der Waals surface area contributed by atoms with E-state index in [2.05, 4.69) is 10.8 Å². The Kier molecular flexibility index (Phi) is 13.8. The van der Waals surface area contributed by atoms with E-state index in [1.54, 1.807) is 59.2 Å². The zero-order chi connectivity index (χ0) is 25.6. The maximum atomic E-state index is 12.1. The minimum absolute atomic E-state index is 0.0256. The van der Waals surface area contributed by atoms with Gasteiger partial charge in [0.2, 0.25) is 0 Å². The van der Waals surface area contributed by atoms with Crippen LogP contribution in [0.5, 0.6) is 0 Å². The van der Waals surface area contributed by atoms with Gasteiger partial charge in [0, 0.05) is 9.81 Å². The van der Waals surface area contributed by atoms with E-state index in [1.807, 2.05) is 6.92 Å². The van der Waals surface area contributed by atoms with Gasteiger partial charge in [-0.2, -0.15) is 8.42 Å². The van der Waals surface area contributed by atoms with Gasteiger partial charge in [0.1, 0.15) is 0 Å². The first-order chi connectivity index (χ1) is 17.5. The van der Waals surface area contributed by atoms with Gasteiger partial charge < -0.3 is 24.1 Å². The quantitative estimate of drug-likeness (QED) is 0.203. The minimum Gasteiger partial charge on any atom is -0.394 e. The molecule has 0 aliphatic carbocycles. The monoisotopic (exact) mass is 594 g/mol. The van der Waals surface area contributed by atoms with E-state index >= 15 is 0 Å². The summed E-state index contributed by atoms with van der Waals surface area (Å²) in [7, 11) is -3.77. The highest BCUT2D eigenvalue weighted by Crippen LogP contribution is 2.55. The number of thioether (sulfide) groups is 4. The predicted molar refractivity (Wildman–Crippen MR) is 148 cm³/mol. The van der Waals surface area contributed by atoms with Crippen LogP contribution in [0, 0.1) is 6.92 Å². The van der Waals surface area contributed by atoms with Crippen LogP contribution in [-0.4, -0.2) is 79.6 Å². The first kappa shape index (κ1) is 30.1. The first-order valence-corrected chi connectivity index (χ1v) is 16.0. The predicted octanol–water partition coefficient (Wildman–Crippen LogP) is 4.53. The number of aliphatic hydroxyl groups excluding tert-OH is 1. The lowest BCUT2D eigenvalue weighted by Gasteiger charge is -2.08. The van der Waals surface area contributed by atoms with Crippen LogP contribution in [0.4, 0.5) is 0 Å². The van der Waals surface area contributed by atoms with Gasteiger partial charge in [0.05, 0.1) is 79.4 Å². The molecule has 2 aliphatic heterocycles. The van der Waals surface area contributed by atoms with Crippen LogP contribution in [0.2, 0.25) is 0 Å². The second-order valence-electron chi connectivity index (χ2n) is 7.33. The maximum Gasteiger partial charge on any atom is 0.297 e. The Morgan fingerprint density at radius 1 is 0.722 bits per heavy atom. The van der Waals surface area contributed by atoms with Crippen LogP contribution in [0.15, 0.2) is 58.3 Å². The van der Waals surface area contributed by atoms with Gasteiger partial charge in [-0.25, -0.2) is 0 Å². The van der Waals surface area contributed by atoms with Gasteiger partial charge in [0.15, 0.2) is 0 Å². The fourth-order valence-electron chi connectivity index (χ4n) is 2.70. The summed E-state index contributed by atoms with van der Waals surface area (Å²) in [5.41, 5.74) is 0.984. The van der Waals surface area contributed by atoms with Crippen LogP contribution in [0.25, 0.3) is 0 Å². The molecule has 2 heterocycles. The molecule has 3 rings (SSSR count). The van der Waals surface area contributed by atoms with Gasteiger partial charge in [-0.3, -0.25) is 4.18 Å². The summed E-state index contributed by atoms with van der Waals surface area (Å²) in [6.07, 6.45) is 0. The summed E-state index contributed by atoms with van der Waals surface area (Å²) in [5, 5.41) is 12.9. The smallest absolute Gasteiger partial charge is 0.297 e. The van der Waals surface area contributed by atoms with Crippen molar-refractivity contribution in [2.24, 2.45) is 0 Å².